The van der Waals surface area contributed by atoms with Crippen LogP contribution >= 0.6 is 0 Å². The number of anilines is 1. The summed E-state index contributed by atoms with van der Waals surface area (Å²) in [6.45, 7) is 1.92. The van der Waals surface area contributed by atoms with Crippen LogP contribution in [0.1, 0.15) is 17.2 Å². The van der Waals surface area contributed by atoms with E-state index in [1.807, 2.05) is 25.1 Å². The monoisotopic (exact) mass is 270 g/mol. The van der Waals surface area contributed by atoms with Gasteiger partial charge in [-0.05, 0) is 48.4 Å². The van der Waals surface area contributed by atoms with Crippen LogP contribution in [0, 0.1) is 24.1 Å². The quantitative estimate of drug-likeness (QED) is 0.918. The Hall–Kier alpha value is -2.54. The number of nitrogens with zero attached hydrogens (tertiary/aromatic N) is 1. The second kappa shape index (κ2) is 6.07. The molecule has 0 aliphatic rings. The number of rotatable bonds is 4. The Morgan fingerprint density at radius 2 is 2.05 bits per heavy atom. The lowest BCUT2D eigenvalue weighted by atomic mass is 10.0. The van der Waals surface area contributed by atoms with E-state index in [9.17, 15) is 9.65 Å². The van der Waals surface area contributed by atoms with Crippen molar-refractivity contribution in [1.29, 1.82) is 5.26 Å². The first kappa shape index (κ1) is 13.9. The third-order valence-electron chi connectivity index (χ3n) is 3.02. The Kier molecular flexibility index (Phi) is 4.21. The third kappa shape index (κ3) is 3.07. The van der Waals surface area contributed by atoms with Crippen LogP contribution in [0.25, 0.3) is 0 Å². The van der Waals surface area contributed by atoms with Crippen LogP contribution in [0.5, 0.6) is 5.75 Å². The molecule has 0 aliphatic heterocycles. The van der Waals surface area contributed by atoms with Crippen molar-refractivity contribution < 1.29 is 9.13 Å². The standard InChI is InChI=1S/C16H15FN2O/c1-11-8-12(6-7-16(11)20-2)15(10-18)19-14-5-3-4-13(17)9-14/h3-9,15,19H,1-2H3. The number of nitriles is 1. The van der Waals surface area contributed by atoms with Gasteiger partial charge in [0.05, 0.1) is 13.2 Å². The van der Waals surface area contributed by atoms with E-state index in [4.69, 9.17) is 4.74 Å². The molecule has 1 atom stereocenters. The van der Waals surface area contributed by atoms with Crippen molar-refractivity contribution in [2.75, 3.05) is 12.4 Å². The van der Waals surface area contributed by atoms with Gasteiger partial charge in [0.15, 0.2) is 0 Å². The zero-order chi connectivity index (χ0) is 14.5. The predicted molar refractivity (Wildman–Crippen MR) is 76.1 cm³/mol. The van der Waals surface area contributed by atoms with Crippen molar-refractivity contribution in [1.82, 2.24) is 0 Å². The normalized spacial score (nSPS) is 11.5. The molecular weight excluding hydrogens is 255 g/mol. The molecule has 2 aromatic rings. The highest BCUT2D eigenvalue weighted by atomic mass is 19.1. The smallest absolute Gasteiger partial charge is 0.140 e. The average molecular weight is 270 g/mol. The number of benzene rings is 2. The maximum absolute atomic E-state index is 13.1. The Labute approximate surface area is 117 Å². The van der Waals surface area contributed by atoms with E-state index in [1.54, 1.807) is 19.2 Å². The van der Waals surface area contributed by atoms with Gasteiger partial charge >= 0.3 is 0 Å². The molecular formula is C16H15FN2O. The fraction of sp³-hybridized carbons (Fsp3) is 0.188. The van der Waals surface area contributed by atoms with Crippen molar-refractivity contribution in [2.24, 2.45) is 0 Å². The van der Waals surface area contributed by atoms with Gasteiger partial charge in [-0.1, -0.05) is 12.1 Å². The summed E-state index contributed by atoms with van der Waals surface area (Å²) in [7, 11) is 1.61. The van der Waals surface area contributed by atoms with E-state index in [0.717, 1.165) is 16.9 Å². The molecule has 0 fully saturated rings. The molecule has 3 nitrogen and oxygen atoms in total. The number of aryl methyl sites for hydroxylation is 1. The second-order valence-electron chi connectivity index (χ2n) is 4.45. The van der Waals surface area contributed by atoms with E-state index in [2.05, 4.69) is 11.4 Å². The van der Waals surface area contributed by atoms with Crippen LogP contribution in [-0.2, 0) is 0 Å². The van der Waals surface area contributed by atoms with Crippen molar-refractivity contribution in [3.05, 3.63) is 59.4 Å². The van der Waals surface area contributed by atoms with Crippen molar-refractivity contribution in [3.8, 4) is 11.8 Å². The second-order valence-corrected chi connectivity index (χ2v) is 4.45. The number of nitrogens with one attached hydrogen (secondary N) is 1. The molecule has 1 unspecified atom stereocenters. The highest BCUT2D eigenvalue weighted by molar-refractivity contribution is 5.49. The molecule has 102 valence electrons. The molecule has 0 aliphatic carbocycles. The summed E-state index contributed by atoms with van der Waals surface area (Å²) in [5.41, 5.74) is 2.34. The number of ether oxygens (including phenoxy) is 1. The van der Waals surface area contributed by atoms with Gasteiger partial charge in [0.1, 0.15) is 17.6 Å². The van der Waals surface area contributed by atoms with E-state index in [1.165, 1.54) is 12.1 Å². The van der Waals surface area contributed by atoms with Crippen LogP contribution in [0.15, 0.2) is 42.5 Å². The largest absolute Gasteiger partial charge is 0.496 e. The van der Waals surface area contributed by atoms with Crippen molar-refractivity contribution >= 4 is 5.69 Å². The molecule has 20 heavy (non-hydrogen) atoms. The topological polar surface area (TPSA) is 45.0 Å². The first-order valence-electron chi connectivity index (χ1n) is 6.20. The Morgan fingerprint density at radius 3 is 2.65 bits per heavy atom. The fourth-order valence-electron chi connectivity index (χ4n) is 2.02. The molecule has 0 bridgehead atoms. The summed E-state index contributed by atoms with van der Waals surface area (Å²) in [5.74, 6) is 0.439. The number of methoxy groups -OCH3 is 1. The van der Waals surface area contributed by atoms with Crippen LogP contribution in [0.4, 0.5) is 10.1 Å². The Balaban J connectivity index is 2.25. The SMILES string of the molecule is COc1ccc(C(C#N)Nc2cccc(F)c2)cc1C. The molecule has 0 spiro atoms. The van der Waals surface area contributed by atoms with E-state index in [0.29, 0.717) is 5.69 Å². The molecule has 0 heterocycles. The lowest BCUT2D eigenvalue weighted by molar-refractivity contribution is 0.411. The van der Waals surface area contributed by atoms with Crippen molar-refractivity contribution in [3.63, 3.8) is 0 Å². The summed E-state index contributed by atoms with van der Waals surface area (Å²) in [5, 5.41) is 12.3. The lowest BCUT2D eigenvalue weighted by Gasteiger charge is -2.15. The maximum atomic E-state index is 13.1. The van der Waals surface area contributed by atoms with Gasteiger partial charge < -0.3 is 10.1 Å². The average Bonchev–Trinajstić information content (AvgIpc) is 2.44. The molecule has 0 amide bonds. The molecule has 0 saturated heterocycles. The van der Waals surface area contributed by atoms with Gasteiger partial charge in [-0.2, -0.15) is 5.26 Å². The van der Waals surface area contributed by atoms with Crippen LogP contribution in [-0.4, -0.2) is 7.11 Å². The van der Waals surface area contributed by atoms with Gasteiger partial charge in [0.2, 0.25) is 0 Å². The van der Waals surface area contributed by atoms with Crippen LogP contribution in [0.3, 0.4) is 0 Å². The fourth-order valence-corrected chi connectivity index (χ4v) is 2.02. The molecule has 0 saturated carbocycles. The summed E-state index contributed by atoms with van der Waals surface area (Å²) >= 11 is 0. The summed E-state index contributed by atoms with van der Waals surface area (Å²) in [4.78, 5) is 0. The summed E-state index contributed by atoms with van der Waals surface area (Å²) in [6, 6.07) is 13.2. The Bertz CT molecular complexity index is 649. The number of hydrogen-bond acceptors (Lipinski definition) is 3. The molecule has 2 aromatic carbocycles. The Morgan fingerprint density at radius 1 is 1.25 bits per heavy atom. The molecule has 0 radical (unpaired) electrons. The third-order valence-corrected chi connectivity index (χ3v) is 3.02. The minimum Gasteiger partial charge on any atom is -0.496 e. The van der Waals surface area contributed by atoms with Gasteiger partial charge in [0.25, 0.3) is 0 Å². The maximum Gasteiger partial charge on any atom is 0.140 e. The summed E-state index contributed by atoms with van der Waals surface area (Å²) < 4.78 is 18.3. The predicted octanol–water partition coefficient (Wildman–Crippen LogP) is 3.82. The molecule has 1 N–H and O–H groups in total. The van der Waals surface area contributed by atoms with Gasteiger partial charge in [0, 0.05) is 5.69 Å². The van der Waals surface area contributed by atoms with Crippen LogP contribution < -0.4 is 10.1 Å². The zero-order valence-corrected chi connectivity index (χ0v) is 11.4. The zero-order valence-electron chi connectivity index (χ0n) is 11.4. The van der Waals surface area contributed by atoms with Crippen molar-refractivity contribution in [2.45, 2.75) is 13.0 Å². The number of halogens is 1. The summed E-state index contributed by atoms with van der Waals surface area (Å²) in [6.07, 6.45) is 0. The van der Waals surface area contributed by atoms with E-state index < -0.39 is 6.04 Å². The molecule has 4 heteroatoms. The lowest BCUT2D eigenvalue weighted by Crippen LogP contribution is -2.09. The number of hydrogen-bond donors (Lipinski definition) is 1. The van der Waals surface area contributed by atoms with Gasteiger partial charge in [-0.15, -0.1) is 0 Å². The minimum atomic E-state index is -0.540. The molecule has 2 rings (SSSR count). The highest BCUT2D eigenvalue weighted by Crippen LogP contribution is 2.25. The van der Waals surface area contributed by atoms with E-state index in [-0.39, 0.29) is 5.82 Å². The van der Waals surface area contributed by atoms with E-state index >= 15 is 0 Å². The first-order valence-corrected chi connectivity index (χ1v) is 6.20. The first-order chi connectivity index (χ1) is 9.63. The highest BCUT2D eigenvalue weighted by Gasteiger charge is 2.12. The minimum absolute atomic E-state index is 0.336. The van der Waals surface area contributed by atoms with Gasteiger partial charge in [-0.3, -0.25) is 0 Å². The molecule has 0 aromatic heterocycles. The van der Waals surface area contributed by atoms with Gasteiger partial charge in [-0.25, -0.2) is 4.39 Å². The van der Waals surface area contributed by atoms with Crippen LogP contribution in [0.2, 0.25) is 0 Å².